The lowest BCUT2D eigenvalue weighted by Gasteiger charge is -2.13. The highest BCUT2D eigenvalue weighted by atomic mass is 32.1. The van der Waals surface area contributed by atoms with Gasteiger partial charge in [0, 0.05) is 6.54 Å². The Labute approximate surface area is 103 Å². The predicted octanol–water partition coefficient (Wildman–Crippen LogP) is 1.63. The van der Waals surface area contributed by atoms with Gasteiger partial charge in [0.2, 0.25) is 5.91 Å². The second-order valence-corrected chi connectivity index (χ2v) is 4.53. The van der Waals surface area contributed by atoms with Gasteiger partial charge in [-0.25, -0.2) is 9.97 Å². The van der Waals surface area contributed by atoms with Crippen molar-refractivity contribution in [2.45, 2.75) is 19.9 Å². The normalized spacial score (nSPS) is 12.4. The molecule has 0 saturated carbocycles. The van der Waals surface area contributed by atoms with Crippen LogP contribution in [0.15, 0.2) is 17.8 Å². The first-order chi connectivity index (χ1) is 8.22. The van der Waals surface area contributed by atoms with Crippen molar-refractivity contribution in [2.24, 2.45) is 0 Å². The van der Waals surface area contributed by atoms with Crippen LogP contribution < -0.4 is 10.6 Å². The van der Waals surface area contributed by atoms with E-state index in [2.05, 4.69) is 20.6 Å². The van der Waals surface area contributed by atoms with E-state index in [0.717, 1.165) is 10.2 Å². The lowest BCUT2D eigenvalue weighted by Crippen LogP contribution is -2.37. The molecule has 0 bridgehead atoms. The third-order valence-corrected chi connectivity index (χ3v) is 3.25. The summed E-state index contributed by atoms with van der Waals surface area (Å²) in [5.74, 6) is 0.680. The van der Waals surface area contributed by atoms with Crippen LogP contribution >= 0.6 is 11.3 Å². The van der Waals surface area contributed by atoms with E-state index in [1.165, 1.54) is 6.33 Å². The van der Waals surface area contributed by atoms with Crippen molar-refractivity contribution in [2.75, 3.05) is 11.9 Å². The van der Waals surface area contributed by atoms with Gasteiger partial charge in [0.15, 0.2) is 0 Å². The van der Waals surface area contributed by atoms with E-state index in [4.69, 9.17) is 0 Å². The van der Waals surface area contributed by atoms with Crippen molar-refractivity contribution in [1.82, 2.24) is 15.3 Å². The molecule has 2 heterocycles. The van der Waals surface area contributed by atoms with Crippen LogP contribution in [0.3, 0.4) is 0 Å². The number of carbonyl (C=O) groups excluding carboxylic acids is 1. The van der Waals surface area contributed by atoms with Gasteiger partial charge in [-0.3, -0.25) is 4.79 Å². The van der Waals surface area contributed by atoms with E-state index < -0.39 is 0 Å². The summed E-state index contributed by atoms with van der Waals surface area (Å²) in [5.41, 5.74) is 0.899. The van der Waals surface area contributed by atoms with Crippen LogP contribution in [0.1, 0.15) is 13.8 Å². The zero-order chi connectivity index (χ0) is 12.3. The van der Waals surface area contributed by atoms with Gasteiger partial charge in [-0.2, -0.15) is 0 Å². The summed E-state index contributed by atoms with van der Waals surface area (Å²) >= 11 is 1.56. The second-order valence-electron chi connectivity index (χ2n) is 3.62. The number of anilines is 1. The molecular formula is C11H14N4OS. The molecule has 0 saturated heterocycles. The monoisotopic (exact) mass is 250 g/mol. The lowest BCUT2D eigenvalue weighted by atomic mass is 10.3. The molecule has 0 fully saturated rings. The summed E-state index contributed by atoms with van der Waals surface area (Å²) < 4.78 is 0.976. The molecule has 6 heteroatoms. The molecule has 0 aromatic carbocycles. The highest BCUT2D eigenvalue weighted by Gasteiger charge is 2.14. The highest BCUT2D eigenvalue weighted by Crippen LogP contribution is 2.25. The summed E-state index contributed by atoms with van der Waals surface area (Å²) in [6, 6.07) is 1.62. The molecule has 90 valence electrons. The molecule has 17 heavy (non-hydrogen) atoms. The van der Waals surface area contributed by atoms with Crippen molar-refractivity contribution >= 4 is 33.3 Å². The first-order valence-corrected chi connectivity index (χ1v) is 6.32. The van der Waals surface area contributed by atoms with E-state index in [0.29, 0.717) is 12.4 Å². The molecule has 5 nitrogen and oxygen atoms in total. The number of rotatable bonds is 4. The standard InChI is InChI=1S/C11H14N4OS/c1-3-12-11(16)7(2)15-10-9-8(4-5-17-9)13-6-14-10/h4-7H,3H2,1-2H3,(H,12,16)(H,13,14,15). The molecule has 0 aliphatic heterocycles. The summed E-state index contributed by atoms with van der Waals surface area (Å²) in [6.45, 7) is 4.34. The number of thiophene rings is 1. The second kappa shape index (κ2) is 5.09. The zero-order valence-corrected chi connectivity index (χ0v) is 10.5. The Kier molecular flexibility index (Phi) is 3.53. The van der Waals surface area contributed by atoms with Gasteiger partial charge < -0.3 is 10.6 Å². The van der Waals surface area contributed by atoms with Crippen molar-refractivity contribution in [1.29, 1.82) is 0 Å². The first kappa shape index (κ1) is 11.8. The molecule has 1 atom stereocenters. The van der Waals surface area contributed by atoms with Crippen LogP contribution in [0.2, 0.25) is 0 Å². The van der Waals surface area contributed by atoms with Gasteiger partial charge >= 0.3 is 0 Å². The molecular weight excluding hydrogens is 236 g/mol. The van der Waals surface area contributed by atoms with Crippen LogP contribution in [-0.4, -0.2) is 28.5 Å². The Hall–Kier alpha value is -1.69. The minimum absolute atomic E-state index is 0.0316. The number of fused-ring (bicyclic) bond motifs is 1. The van der Waals surface area contributed by atoms with Crippen LogP contribution in [-0.2, 0) is 4.79 Å². The van der Waals surface area contributed by atoms with Gasteiger partial charge in [-0.1, -0.05) is 0 Å². The van der Waals surface area contributed by atoms with Crippen LogP contribution in [0.5, 0.6) is 0 Å². The van der Waals surface area contributed by atoms with Gasteiger partial charge in [0.1, 0.15) is 18.2 Å². The minimum Gasteiger partial charge on any atom is -0.357 e. The molecule has 2 N–H and O–H groups in total. The maximum Gasteiger partial charge on any atom is 0.242 e. The number of hydrogen-bond acceptors (Lipinski definition) is 5. The number of nitrogens with zero attached hydrogens (tertiary/aromatic N) is 2. The summed E-state index contributed by atoms with van der Waals surface area (Å²) in [6.07, 6.45) is 1.50. The van der Waals surface area contributed by atoms with Crippen molar-refractivity contribution in [3.8, 4) is 0 Å². The molecule has 0 spiro atoms. The Morgan fingerprint density at radius 3 is 3.12 bits per heavy atom. The van der Waals surface area contributed by atoms with Gasteiger partial charge in [0.05, 0.1) is 10.2 Å². The Morgan fingerprint density at radius 2 is 2.35 bits per heavy atom. The molecule has 2 aromatic rings. The summed E-state index contributed by atoms with van der Waals surface area (Å²) in [4.78, 5) is 19.9. The van der Waals surface area contributed by atoms with E-state index in [9.17, 15) is 4.79 Å². The third kappa shape index (κ3) is 2.52. The number of nitrogens with one attached hydrogen (secondary N) is 2. The summed E-state index contributed by atoms with van der Waals surface area (Å²) in [7, 11) is 0. The molecule has 1 unspecified atom stereocenters. The molecule has 0 aliphatic rings. The van der Waals surface area contributed by atoms with Gasteiger partial charge in [-0.05, 0) is 25.3 Å². The summed E-state index contributed by atoms with van der Waals surface area (Å²) in [5, 5.41) is 7.83. The number of aromatic nitrogens is 2. The average molecular weight is 250 g/mol. The van der Waals surface area contributed by atoms with E-state index in [1.54, 1.807) is 11.3 Å². The van der Waals surface area contributed by atoms with Crippen LogP contribution in [0.4, 0.5) is 5.82 Å². The quantitative estimate of drug-likeness (QED) is 0.865. The smallest absolute Gasteiger partial charge is 0.242 e. The Morgan fingerprint density at radius 1 is 1.53 bits per heavy atom. The average Bonchev–Trinajstić information content (AvgIpc) is 2.78. The molecule has 2 aromatic heterocycles. The fraction of sp³-hybridized carbons (Fsp3) is 0.364. The fourth-order valence-electron chi connectivity index (χ4n) is 1.49. The predicted molar refractivity (Wildman–Crippen MR) is 69.2 cm³/mol. The van der Waals surface area contributed by atoms with Gasteiger partial charge in [-0.15, -0.1) is 11.3 Å². The minimum atomic E-state index is -0.310. The van der Waals surface area contributed by atoms with Gasteiger partial charge in [0.25, 0.3) is 0 Å². The van der Waals surface area contributed by atoms with Crippen LogP contribution in [0, 0.1) is 0 Å². The van der Waals surface area contributed by atoms with Crippen molar-refractivity contribution in [3.63, 3.8) is 0 Å². The largest absolute Gasteiger partial charge is 0.357 e. The highest BCUT2D eigenvalue weighted by molar-refractivity contribution is 7.17. The maximum atomic E-state index is 11.6. The fourth-order valence-corrected chi connectivity index (χ4v) is 2.29. The molecule has 0 aliphatic carbocycles. The maximum absolute atomic E-state index is 11.6. The number of likely N-dealkylation sites (N-methyl/N-ethyl adjacent to an activating group) is 1. The number of hydrogen-bond donors (Lipinski definition) is 2. The molecule has 2 rings (SSSR count). The van der Waals surface area contributed by atoms with E-state index >= 15 is 0 Å². The topological polar surface area (TPSA) is 66.9 Å². The van der Waals surface area contributed by atoms with Crippen molar-refractivity contribution in [3.05, 3.63) is 17.8 Å². The zero-order valence-electron chi connectivity index (χ0n) is 9.73. The molecule has 1 amide bonds. The molecule has 0 radical (unpaired) electrons. The van der Waals surface area contributed by atoms with E-state index in [-0.39, 0.29) is 11.9 Å². The van der Waals surface area contributed by atoms with E-state index in [1.807, 2.05) is 25.3 Å². The Balaban J connectivity index is 2.18. The first-order valence-electron chi connectivity index (χ1n) is 5.44. The lowest BCUT2D eigenvalue weighted by molar-refractivity contribution is -0.121. The Bertz CT molecular complexity index is 525. The number of carbonyl (C=O) groups is 1. The van der Waals surface area contributed by atoms with Crippen molar-refractivity contribution < 1.29 is 4.79 Å². The number of amides is 1. The third-order valence-electron chi connectivity index (χ3n) is 2.34. The van der Waals surface area contributed by atoms with Crippen LogP contribution in [0.25, 0.3) is 10.2 Å². The SMILES string of the molecule is CCNC(=O)C(C)Nc1ncnc2ccsc12.